The Hall–Kier alpha value is -6.55. The summed E-state index contributed by atoms with van der Waals surface area (Å²) in [6.45, 7) is -0.261. The van der Waals surface area contributed by atoms with Crippen molar-refractivity contribution in [2.75, 3.05) is 42.7 Å². The summed E-state index contributed by atoms with van der Waals surface area (Å²) in [5, 5.41) is 28.2. The maximum atomic E-state index is 12.9. The highest BCUT2D eigenvalue weighted by molar-refractivity contribution is 8.76. The number of nitrogens with one attached hydrogen (secondary N) is 3. The molecule has 2 heterocycles. The minimum atomic E-state index is -0.684. The fourth-order valence-corrected chi connectivity index (χ4v) is 8.71. The van der Waals surface area contributed by atoms with Gasteiger partial charge in [0, 0.05) is 78.7 Å². The minimum Gasteiger partial charge on any atom is -0.444 e. The zero-order valence-electron chi connectivity index (χ0n) is 36.0. The van der Waals surface area contributed by atoms with Gasteiger partial charge in [0.1, 0.15) is 18.4 Å². The van der Waals surface area contributed by atoms with Crippen molar-refractivity contribution in [3.8, 4) is 6.07 Å². The first-order valence-corrected chi connectivity index (χ1v) is 23.5. The number of fused-ring (bicyclic) bond motifs is 1. The number of Topliss-reactive ketones (excluding diaryl/α,β-unsaturated/α-hetero) is 2. The van der Waals surface area contributed by atoms with Crippen LogP contribution in [0.4, 0.5) is 21.9 Å². The summed E-state index contributed by atoms with van der Waals surface area (Å²) in [4.78, 5) is 93.0. The van der Waals surface area contributed by atoms with Crippen molar-refractivity contribution in [1.82, 2.24) is 20.5 Å². The quantitative estimate of drug-likeness (QED) is 0.0293. The number of hydrogen-bond donors (Lipinski definition) is 4. The number of anilines is 3. The maximum absolute atomic E-state index is 12.9. The Balaban J connectivity index is 0.899. The number of para-hydroxylation sites is 1. The van der Waals surface area contributed by atoms with Crippen LogP contribution in [-0.2, 0) is 46.7 Å². The fourth-order valence-electron chi connectivity index (χ4n) is 6.57. The largest absolute Gasteiger partial charge is 0.444 e. The molecule has 0 bridgehead atoms. The lowest BCUT2D eigenvalue weighted by atomic mass is 10.1. The van der Waals surface area contributed by atoms with Crippen LogP contribution >= 0.6 is 21.6 Å². The Morgan fingerprint density at radius 1 is 0.815 bits per heavy atom. The second-order valence-electron chi connectivity index (χ2n) is 15.0. The average molecular weight is 922 g/mol. The monoisotopic (exact) mass is 921 g/mol. The van der Waals surface area contributed by atoms with Gasteiger partial charge in [0.05, 0.1) is 36.6 Å². The van der Waals surface area contributed by atoms with Crippen molar-refractivity contribution in [2.24, 2.45) is 0 Å². The van der Waals surface area contributed by atoms with E-state index in [1.54, 1.807) is 39.8 Å². The van der Waals surface area contributed by atoms with Gasteiger partial charge < -0.3 is 25.4 Å². The highest BCUT2D eigenvalue weighted by Gasteiger charge is 2.22. The van der Waals surface area contributed by atoms with Crippen LogP contribution in [0.15, 0.2) is 89.8 Å². The van der Waals surface area contributed by atoms with E-state index >= 15 is 0 Å². The zero-order valence-corrected chi connectivity index (χ0v) is 37.6. The van der Waals surface area contributed by atoms with E-state index in [0.29, 0.717) is 61.1 Å². The van der Waals surface area contributed by atoms with Crippen LogP contribution in [0.25, 0.3) is 10.9 Å². The Bertz CT molecular complexity index is 2420. The number of ketones is 2. The van der Waals surface area contributed by atoms with E-state index in [1.807, 2.05) is 66.5 Å². The predicted octanol–water partition coefficient (Wildman–Crippen LogP) is 6.66. The molecule has 18 heteroatoms. The van der Waals surface area contributed by atoms with Gasteiger partial charge in [0.15, 0.2) is 11.6 Å². The van der Waals surface area contributed by atoms with Gasteiger partial charge in [-0.05, 0) is 67.6 Å². The van der Waals surface area contributed by atoms with Crippen LogP contribution < -0.4 is 20.9 Å². The fraction of sp³-hybridized carbons (Fsp3) is 0.340. The van der Waals surface area contributed by atoms with E-state index in [-0.39, 0.29) is 80.5 Å². The van der Waals surface area contributed by atoms with Crippen LogP contribution in [-0.4, -0.2) is 88.7 Å². The lowest BCUT2D eigenvalue weighted by Gasteiger charge is -2.23. The number of imide groups is 1. The number of aliphatic hydroxyl groups is 1. The molecule has 16 nitrogen and oxygen atoms in total. The number of unbranched alkanes of at least 4 members (excludes halogenated alkanes) is 3. The number of benzene rings is 3. The maximum Gasteiger partial charge on any atom is 0.411 e. The third-order valence-electron chi connectivity index (χ3n) is 10.2. The van der Waals surface area contributed by atoms with E-state index < -0.39 is 12.0 Å². The molecule has 1 aliphatic rings. The zero-order chi connectivity index (χ0) is 46.6. The van der Waals surface area contributed by atoms with Crippen molar-refractivity contribution in [2.45, 2.75) is 75.9 Å². The van der Waals surface area contributed by atoms with Crippen LogP contribution in [0.1, 0.15) is 74.6 Å². The molecule has 0 saturated carbocycles. The van der Waals surface area contributed by atoms with Gasteiger partial charge in [-0.25, -0.2) is 9.78 Å². The number of carbonyl (C=O) groups is 7. The number of amides is 5. The second-order valence-corrected chi connectivity index (χ2v) is 17.5. The summed E-state index contributed by atoms with van der Waals surface area (Å²) in [5.41, 5.74) is 4.10. The minimum absolute atomic E-state index is 0.0304. The Morgan fingerprint density at radius 3 is 2.23 bits per heavy atom. The molecule has 0 atom stereocenters. The van der Waals surface area contributed by atoms with Gasteiger partial charge in [0.25, 0.3) is 11.8 Å². The smallest absolute Gasteiger partial charge is 0.411 e. The van der Waals surface area contributed by atoms with Gasteiger partial charge in [-0.1, -0.05) is 64.4 Å². The van der Waals surface area contributed by atoms with Gasteiger partial charge in [-0.3, -0.25) is 39.0 Å². The number of pyridine rings is 1. The Labute approximate surface area is 384 Å². The average Bonchev–Trinajstić information content (AvgIpc) is 3.64. The molecule has 340 valence electrons. The number of ether oxygens (including phenoxy) is 1. The molecule has 1 aliphatic heterocycles. The Kier molecular flexibility index (Phi) is 19.5. The predicted molar refractivity (Wildman–Crippen MR) is 249 cm³/mol. The van der Waals surface area contributed by atoms with Crippen LogP contribution in [0.5, 0.6) is 0 Å². The van der Waals surface area contributed by atoms with Crippen molar-refractivity contribution in [1.29, 1.82) is 5.26 Å². The molecule has 1 aromatic heterocycles. The van der Waals surface area contributed by atoms with Crippen LogP contribution in [0.3, 0.4) is 0 Å². The molecule has 0 fully saturated rings. The van der Waals surface area contributed by atoms with E-state index in [4.69, 9.17) is 4.74 Å². The summed E-state index contributed by atoms with van der Waals surface area (Å²) in [6.07, 6.45) is 5.40. The second kappa shape index (κ2) is 25.7. The van der Waals surface area contributed by atoms with Gasteiger partial charge >= 0.3 is 6.09 Å². The number of nitriles is 1. The van der Waals surface area contributed by atoms with E-state index in [0.717, 1.165) is 38.6 Å². The first-order chi connectivity index (χ1) is 31.4. The molecular formula is C47H51N7O9S2. The third kappa shape index (κ3) is 15.9. The van der Waals surface area contributed by atoms with Gasteiger partial charge in [0.2, 0.25) is 11.8 Å². The van der Waals surface area contributed by atoms with Crippen molar-refractivity contribution < 1.29 is 43.4 Å². The van der Waals surface area contributed by atoms with E-state index in [9.17, 15) is 43.9 Å². The molecule has 5 amide bonds. The number of aromatic nitrogens is 1. The highest BCUT2D eigenvalue weighted by atomic mass is 33.1. The number of carbonyl (C=O) groups excluding carboxylic acids is 7. The first kappa shape index (κ1) is 49.5. The summed E-state index contributed by atoms with van der Waals surface area (Å²) < 4.78 is 5.49. The lowest BCUT2D eigenvalue weighted by molar-refractivity contribution is -0.137. The molecule has 0 unspecified atom stereocenters. The van der Waals surface area contributed by atoms with Crippen molar-refractivity contribution in [3.05, 3.63) is 102 Å². The summed E-state index contributed by atoms with van der Waals surface area (Å²) in [7, 11) is 5.09. The first-order valence-electron chi connectivity index (χ1n) is 21.1. The molecule has 0 radical (unpaired) electrons. The molecule has 5 rings (SSSR count). The number of aliphatic hydroxyl groups excluding tert-OH is 1. The lowest BCUT2D eigenvalue weighted by Crippen LogP contribution is -2.32. The normalized spacial score (nSPS) is 11.9. The van der Waals surface area contributed by atoms with Crippen LogP contribution in [0, 0.1) is 11.3 Å². The van der Waals surface area contributed by atoms with Crippen molar-refractivity contribution in [3.63, 3.8) is 0 Å². The molecule has 0 saturated heterocycles. The number of hydrogen-bond acceptors (Lipinski definition) is 14. The molecule has 4 aromatic rings. The van der Waals surface area contributed by atoms with E-state index in [2.05, 4.69) is 27.0 Å². The molecular weight excluding hydrogens is 871 g/mol. The molecule has 4 N–H and O–H groups in total. The third-order valence-corrected chi connectivity index (χ3v) is 12.7. The standard InChI is InChI=1S/C47H51N7O9S2/c1-53(42-25-34(27-48)51-40-11-5-4-10-39(40)42)35-16-15-33(30-55)41(26-35)52-47(62)63-31-32-13-18-38(19-14-32)65-64-24-8-6-9-36(56)28-50-44(59)20-17-37(57)29-49-43(58)12-3-2-7-23-54-45(60)21-22-46(54)61/h4-5,10-11,13-16,18-19,21-22,25-26,55H,2-3,6-9,12,17,20,23-24,28-31H2,1H3,(H,49,58)(H,50,59)(H,52,62). The van der Waals surface area contributed by atoms with Gasteiger partial charge in [-0.2, -0.15) is 5.26 Å². The SMILES string of the molecule is CN(c1ccc(CO)c(NC(=O)OCc2ccc(SSCCCCC(=O)CNC(=O)CCC(=O)CNC(=O)CCCCCN3C(=O)C=CC3=O)cc2)c1)c1cc(C#N)nc2ccccc12. The molecule has 65 heavy (non-hydrogen) atoms. The molecule has 0 aliphatic carbocycles. The molecule has 3 aromatic carbocycles. The summed E-state index contributed by atoms with van der Waals surface area (Å²) >= 11 is 0. The Morgan fingerprint density at radius 2 is 1.51 bits per heavy atom. The highest BCUT2D eigenvalue weighted by Crippen LogP contribution is 2.34. The summed E-state index contributed by atoms with van der Waals surface area (Å²) in [5.74, 6) is -0.955. The van der Waals surface area contributed by atoms with Crippen LogP contribution in [0.2, 0.25) is 0 Å². The van der Waals surface area contributed by atoms with Gasteiger partial charge in [-0.15, -0.1) is 0 Å². The topological polar surface area (TPSA) is 228 Å². The number of nitrogens with zero attached hydrogens (tertiary/aromatic N) is 4. The van der Waals surface area contributed by atoms with E-state index in [1.165, 1.54) is 12.2 Å². The molecule has 0 spiro atoms. The van der Waals surface area contributed by atoms with Crippen molar-refractivity contribution >= 4 is 90.8 Å². The number of rotatable bonds is 26. The summed E-state index contributed by atoms with van der Waals surface area (Å²) in [6, 6.07) is 24.2.